The Morgan fingerprint density at radius 1 is 1.44 bits per heavy atom. The van der Waals surface area contributed by atoms with Gasteiger partial charge >= 0.3 is 0 Å². The van der Waals surface area contributed by atoms with E-state index in [1.807, 2.05) is 13.8 Å². The standard InChI is InChI=1S/C17H22N2O6/c1-10-13(11(2)25-19-10)8-23-16-9-22-6-5-14(16)18-17(21)15-4-3-12(7-20)24-15/h3-4,14,16,20H,5-9H2,1-2H3,(H,18,21)/t14-,16-/m1/s1. The number of aliphatic hydroxyl groups excluding tert-OH is 1. The first-order valence-electron chi connectivity index (χ1n) is 8.20. The molecule has 25 heavy (non-hydrogen) atoms. The fourth-order valence-corrected chi connectivity index (χ4v) is 2.76. The number of aromatic nitrogens is 1. The number of nitrogens with one attached hydrogen (secondary N) is 1. The molecule has 1 aliphatic heterocycles. The molecule has 2 aromatic rings. The molecule has 2 N–H and O–H groups in total. The molecule has 1 amide bonds. The molecule has 3 heterocycles. The van der Waals surface area contributed by atoms with Crippen molar-refractivity contribution in [3.8, 4) is 0 Å². The first-order chi connectivity index (χ1) is 12.1. The van der Waals surface area contributed by atoms with Crippen LogP contribution in [-0.2, 0) is 22.7 Å². The second-order valence-corrected chi connectivity index (χ2v) is 6.02. The van der Waals surface area contributed by atoms with Gasteiger partial charge in [0.05, 0.1) is 24.9 Å². The number of aliphatic hydroxyl groups is 1. The van der Waals surface area contributed by atoms with Gasteiger partial charge < -0.3 is 28.8 Å². The normalized spacial score (nSPS) is 20.6. The van der Waals surface area contributed by atoms with Gasteiger partial charge in [-0.1, -0.05) is 5.16 Å². The van der Waals surface area contributed by atoms with E-state index in [2.05, 4.69) is 10.5 Å². The Hall–Kier alpha value is -2.16. The number of furan rings is 1. The van der Waals surface area contributed by atoms with Gasteiger partial charge in [0.15, 0.2) is 5.76 Å². The van der Waals surface area contributed by atoms with Gasteiger partial charge in [-0.05, 0) is 32.4 Å². The number of ether oxygens (including phenoxy) is 2. The molecule has 8 heteroatoms. The minimum absolute atomic E-state index is 0.167. The average molecular weight is 350 g/mol. The second kappa shape index (κ2) is 7.81. The molecular formula is C17H22N2O6. The van der Waals surface area contributed by atoms with E-state index in [0.29, 0.717) is 32.0 Å². The van der Waals surface area contributed by atoms with Crippen molar-refractivity contribution < 1.29 is 28.3 Å². The van der Waals surface area contributed by atoms with E-state index in [1.54, 1.807) is 12.1 Å². The summed E-state index contributed by atoms with van der Waals surface area (Å²) >= 11 is 0. The van der Waals surface area contributed by atoms with Crippen LogP contribution in [0.25, 0.3) is 0 Å². The van der Waals surface area contributed by atoms with Crippen LogP contribution in [0.2, 0.25) is 0 Å². The molecular weight excluding hydrogens is 328 g/mol. The molecule has 136 valence electrons. The molecule has 1 saturated heterocycles. The third kappa shape index (κ3) is 4.09. The van der Waals surface area contributed by atoms with E-state index in [9.17, 15) is 4.79 Å². The van der Waals surface area contributed by atoms with Crippen molar-refractivity contribution in [1.29, 1.82) is 0 Å². The van der Waals surface area contributed by atoms with Crippen LogP contribution < -0.4 is 5.32 Å². The summed E-state index contributed by atoms with van der Waals surface area (Å²) in [5, 5.41) is 15.9. The molecule has 2 aromatic heterocycles. The van der Waals surface area contributed by atoms with Gasteiger partial charge in [-0.15, -0.1) is 0 Å². The number of carbonyl (C=O) groups excluding carboxylic acids is 1. The van der Waals surface area contributed by atoms with Crippen LogP contribution in [0.1, 0.15) is 39.8 Å². The van der Waals surface area contributed by atoms with E-state index in [0.717, 1.165) is 17.0 Å². The van der Waals surface area contributed by atoms with Gasteiger partial charge in [0.25, 0.3) is 5.91 Å². The van der Waals surface area contributed by atoms with Gasteiger partial charge in [0.2, 0.25) is 0 Å². The van der Waals surface area contributed by atoms with Crippen LogP contribution >= 0.6 is 0 Å². The molecule has 1 aliphatic rings. The van der Waals surface area contributed by atoms with Crippen molar-refractivity contribution in [1.82, 2.24) is 10.5 Å². The Bertz CT molecular complexity index is 703. The molecule has 0 unspecified atom stereocenters. The number of hydrogen-bond acceptors (Lipinski definition) is 7. The van der Waals surface area contributed by atoms with Crippen LogP contribution in [0, 0.1) is 13.8 Å². The minimum Gasteiger partial charge on any atom is -0.453 e. The zero-order chi connectivity index (χ0) is 17.8. The van der Waals surface area contributed by atoms with Crippen LogP contribution in [0.4, 0.5) is 0 Å². The molecule has 2 atom stereocenters. The third-order valence-corrected chi connectivity index (χ3v) is 4.28. The summed E-state index contributed by atoms with van der Waals surface area (Å²) in [5.41, 5.74) is 1.70. The summed E-state index contributed by atoms with van der Waals surface area (Å²) in [5.74, 6) is 0.905. The maximum Gasteiger partial charge on any atom is 0.287 e. The highest BCUT2D eigenvalue weighted by molar-refractivity contribution is 5.91. The predicted molar refractivity (Wildman–Crippen MR) is 85.9 cm³/mol. The van der Waals surface area contributed by atoms with E-state index < -0.39 is 0 Å². The topological polar surface area (TPSA) is 107 Å². The lowest BCUT2D eigenvalue weighted by Crippen LogP contribution is -2.49. The lowest BCUT2D eigenvalue weighted by Gasteiger charge is -2.31. The van der Waals surface area contributed by atoms with E-state index in [1.165, 1.54) is 0 Å². The van der Waals surface area contributed by atoms with Gasteiger partial charge in [-0.25, -0.2) is 0 Å². The molecule has 8 nitrogen and oxygen atoms in total. The summed E-state index contributed by atoms with van der Waals surface area (Å²) in [4.78, 5) is 12.3. The molecule has 0 aliphatic carbocycles. The largest absolute Gasteiger partial charge is 0.453 e. The van der Waals surface area contributed by atoms with Crippen molar-refractivity contribution in [3.63, 3.8) is 0 Å². The molecule has 0 bridgehead atoms. The molecule has 0 saturated carbocycles. The quantitative estimate of drug-likeness (QED) is 0.812. The second-order valence-electron chi connectivity index (χ2n) is 6.02. The van der Waals surface area contributed by atoms with Crippen LogP contribution in [0.3, 0.4) is 0 Å². The average Bonchev–Trinajstić information content (AvgIpc) is 3.22. The van der Waals surface area contributed by atoms with Gasteiger partial charge in [0.1, 0.15) is 24.2 Å². The molecule has 3 rings (SSSR count). The van der Waals surface area contributed by atoms with E-state index >= 15 is 0 Å². The van der Waals surface area contributed by atoms with Gasteiger partial charge in [-0.3, -0.25) is 4.79 Å². The summed E-state index contributed by atoms with van der Waals surface area (Å²) in [6.07, 6.45) is 0.365. The lowest BCUT2D eigenvalue weighted by atomic mass is 10.1. The summed E-state index contributed by atoms with van der Waals surface area (Å²) < 4.78 is 21.8. The monoisotopic (exact) mass is 350 g/mol. The van der Waals surface area contributed by atoms with E-state index in [-0.39, 0.29) is 30.4 Å². The van der Waals surface area contributed by atoms with Crippen molar-refractivity contribution in [2.24, 2.45) is 0 Å². The van der Waals surface area contributed by atoms with Crippen molar-refractivity contribution in [2.45, 2.75) is 45.6 Å². The Morgan fingerprint density at radius 3 is 2.96 bits per heavy atom. The lowest BCUT2D eigenvalue weighted by molar-refractivity contribution is -0.0740. The summed E-state index contributed by atoms with van der Waals surface area (Å²) in [6, 6.07) is 2.92. The number of carbonyl (C=O) groups is 1. The highest BCUT2D eigenvalue weighted by atomic mass is 16.5. The Labute approximate surface area is 145 Å². The summed E-state index contributed by atoms with van der Waals surface area (Å²) in [6.45, 7) is 4.75. The van der Waals surface area contributed by atoms with Gasteiger partial charge in [0, 0.05) is 12.2 Å². The SMILES string of the molecule is Cc1noc(C)c1CO[C@@H]1COCC[C@H]1NC(=O)c1ccc(CO)o1. The number of rotatable bonds is 6. The first-order valence-corrected chi connectivity index (χ1v) is 8.20. The van der Waals surface area contributed by atoms with Gasteiger partial charge in [-0.2, -0.15) is 0 Å². The van der Waals surface area contributed by atoms with Crippen LogP contribution in [0.5, 0.6) is 0 Å². The minimum atomic E-state index is -0.336. The van der Waals surface area contributed by atoms with Crippen LogP contribution in [-0.4, -0.2) is 41.5 Å². The Balaban J connectivity index is 1.61. The Kier molecular flexibility index (Phi) is 5.52. The zero-order valence-corrected chi connectivity index (χ0v) is 14.3. The molecule has 0 radical (unpaired) electrons. The number of aryl methyl sites for hydroxylation is 2. The number of hydrogen-bond donors (Lipinski definition) is 2. The molecule has 0 spiro atoms. The van der Waals surface area contributed by atoms with Crippen molar-refractivity contribution in [3.05, 3.63) is 40.7 Å². The zero-order valence-electron chi connectivity index (χ0n) is 14.3. The fourth-order valence-electron chi connectivity index (χ4n) is 2.76. The summed E-state index contributed by atoms with van der Waals surface area (Å²) in [7, 11) is 0. The smallest absolute Gasteiger partial charge is 0.287 e. The van der Waals surface area contributed by atoms with Crippen molar-refractivity contribution in [2.75, 3.05) is 13.2 Å². The highest BCUT2D eigenvalue weighted by Crippen LogP contribution is 2.18. The maximum absolute atomic E-state index is 12.3. The maximum atomic E-state index is 12.3. The predicted octanol–water partition coefficient (Wildman–Crippen LogP) is 1.48. The third-order valence-electron chi connectivity index (χ3n) is 4.28. The van der Waals surface area contributed by atoms with E-state index in [4.69, 9.17) is 23.5 Å². The Morgan fingerprint density at radius 2 is 2.28 bits per heavy atom. The van der Waals surface area contributed by atoms with Crippen LogP contribution in [0.15, 0.2) is 21.1 Å². The molecule has 1 fully saturated rings. The fraction of sp³-hybridized carbons (Fsp3) is 0.529. The first kappa shape index (κ1) is 17.7. The number of amides is 1. The molecule has 0 aromatic carbocycles. The highest BCUT2D eigenvalue weighted by Gasteiger charge is 2.29. The number of nitrogens with zero attached hydrogens (tertiary/aromatic N) is 1. The van der Waals surface area contributed by atoms with Crippen molar-refractivity contribution >= 4 is 5.91 Å².